The van der Waals surface area contributed by atoms with Crippen molar-refractivity contribution in [2.75, 3.05) is 0 Å². The Morgan fingerprint density at radius 1 is 0.333 bits per heavy atom. The molecule has 0 spiro atoms. The number of rotatable bonds is 11. The average Bonchev–Trinajstić information content (AvgIpc) is 1.48. The molecule has 15 aliphatic carbocycles. The van der Waals surface area contributed by atoms with Crippen LogP contribution in [0.5, 0.6) is 0 Å². The van der Waals surface area contributed by atoms with E-state index in [1.54, 1.807) is 41.5 Å². The second kappa shape index (κ2) is 33.8. The molecule has 536 valence electrons. The number of ether oxygens (including phenoxy) is 5. The first-order valence-corrected chi connectivity index (χ1v) is 35.2. The van der Waals surface area contributed by atoms with Crippen molar-refractivity contribution in [2.45, 2.75) is 247 Å². The van der Waals surface area contributed by atoms with Crippen LogP contribution in [-0.2, 0) is 71.6 Å². The minimum absolute atomic E-state index is 0.0479. The fraction of sp³-hybridized carbons (Fsp3) is 0.737. The Morgan fingerprint density at radius 2 is 0.719 bits per heavy atom. The number of carbonyl (C=O) groups excluding carboxylic acids is 5. The lowest BCUT2D eigenvalue weighted by Gasteiger charge is -2.55. The lowest BCUT2D eigenvalue weighted by atomic mass is 9.54. The van der Waals surface area contributed by atoms with Gasteiger partial charge in [0, 0.05) is 61.5 Å². The highest BCUT2D eigenvalue weighted by Gasteiger charge is 2.64. The molecule has 19 atom stereocenters. The van der Waals surface area contributed by atoms with Crippen LogP contribution in [-0.4, -0.2) is 115 Å². The standard InChI is InChI=1S/C16H22O2.2C14H20O2.C13H18O4.C11H16O2.4C2H4O2/c1-8(2)16(17)18-13-7-11-6-12(13)15-10-4-3-9(5-10)14(11)15;1-9(2)13(15)16-14-6-10-3-11(7-14)5-12(4-10)8-14;1-8(2)14(15)16-13-7-9-6-12(13)11-5-3-4-10(9)11;1-7(2)11(14)17-10-5-8-4-9(10)13(3,6-8)12(15)16;1-7(2)11(12)13-10-6-8-3-4-9(10)5-8;4*1-2(3)4/h9-15H,1,3-7H2,2H3;10-12H,1,3-8H2,2H3;9-13H,1,3-7H2,2H3;8-10H,1,4-6H2,2-3H3,(H,15,16);8-10H,1,3-6H2,2H3;4*1H3,(H,3,4). The zero-order valence-corrected chi connectivity index (χ0v) is 58.8. The topological polar surface area (TPSA) is 318 Å². The molecular weight excluding hydrogens is 1230 g/mol. The summed E-state index contributed by atoms with van der Waals surface area (Å²) in [6, 6.07) is 0. The van der Waals surface area contributed by atoms with E-state index in [4.69, 9.17) is 63.3 Å². The Hall–Kier alpha value is -6.60. The lowest BCUT2D eigenvalue weighted by molar-refractivity contribution is -0.182. The van der Waals surface area contributed by atoms with Crippen molar-refractivity contribution in [1.29, 1.82) is 0 Å². The first kappa shape index (κ1) is 78.4. The number of carbonyl (C=O) groups is 10. The molecule has 0 saturated heterocycles. The Labute approximate surface area is 568 Å². The molecule has 0 aromatic rings. The third-order valence-electron chi connectivity index (χ3n) is 23.4. The molecule has 0 radical (unpaired) electrons. The minimum Gasteiger partial charge on any atom is -0.481 e. The molecule has 0 amide bonds. The average molecular weight is 1350 g/mol. The summed E-state index contributed by atoms with van der Waals surface area (Å²) < 4.78 is 27.8. The van der Waals surface area contributed by atoms with Crippen molar-refractivity contribution in [2.24, 2.45) is 106 Å². The fourth-order valence-electron chi connectivity index (χ4n) is 20.6. The zero-order chi connectivity index (χ0) is 71.6. The zero-order valence-electron chi connectivity index (χ0n) is 58.8. The largest absolute Gasteiger partial charge is 0.481 e. The highest BCUT2D eigenvalue weighted by atomic mass is 16.6. The summed E-state index contributed by atoms with van der Waals surface area (Å²) in [4.78, 5) is 105. The van der Waals surface area contributed by atoms with Gasteiger partial charge in [0.05, 0.1) is 5.41 Å². The van der Waals surface area contributed by atoms with E-state index in [0.29, 0.717) is 58.0 Å². The van der Waals surface area contributed by atoms with Gasteiger partial charge in [-0.25, -0.2) is 24.0 Å². The molecule has 20 heteroatoms. The van der Waals surface area contributed by atoms with E-state index in [0.717, 1.165) is 150 Å². The maximum absolute atomic E-state index is 11.7. The number of carboxylic acid groups (broad SMARTS) is 5. The summed E-state index contributed by atoms with van der Waals surface area (Å²) in [6.07, 6.45) is 28.6. The summed E-state index contributed by atoms with van der Waals surface area (Å²) in [5, 5.41) is 39.0. The third kappa shape index (κ3) is 20.5. The van der Waals surface area contributed by atoms with Gasteiger partial charge >= 0.3 is 35.8 Å². The lowest BCUT2D eigenvalue weighted by Crippen LogP contribution is -2.52. The Kier molecular flexibility index (Phi) is 27.6. The molecule has 96 heavy (non-hydrogen) atoms. The summed E-state index contributed by atoms with van der Waals surface area (Å²) in [5.41, 5.74) is 1.66. The number of esters is 5. The van der Waals surface area contributed by atoms with Crippen molar-refractivity contribution >= 4 is 59.7 Å². The van der Waals surface area contributed by atoms with Crippen molar-refractivity contribution in [3.05, 3.63) is 60.8 Å². The Balaban J connectivity index is 0.000000180. The molecule has 20 nitrogen and oxygen atoms in total. The predicted molar refractivity (Wildman–Crippen MR) is 357 cm³/mol. The van der Waals surface area contributed by atoms with E-state index < -0.39 is 41.2 Å². The van der Waals surface area contributed by atoms with E-state index in [1.807, 2.05) is 0 Å². The molecule has 0 aliphatic heterocycles. The Bertz CT molecular complexity index is 2840. The van der Waals surface area contributed by atoms with E-state index in [2.05, 4.69) is 32.9 Å². The maximum Gasteiger partial charge on any atom is 0.333 e. The van der Waals surface area contributed by atoms with E-state index in [1.165, 1.54) is 89.9 Å². The molecule has 19 unspecified atom stereocenters. The number of carboxylic acids is 5. The molecule has 5 N–H and O–H groups in total. The van der Waals surface area contributed by atoms with Crippen LogP contribution < -0.4 is 0 Å². The van der Waals surface area contributed by atoms with Crippen LogP contribution in [0, 0.1) is 106 Å². The van der Waals surface area contributed by atoms with E-state index >= 15 is 0 Å². The van der Waals surface area contributed by atoms with Crippen LogP contribution in [0.2, 0.25) is 0 Å². The summed E-state index contributed by atoms with van der Waals surface area (Å²) in [7, 11) is 0. The quantitative estimate of drug-likeness (QED) is 0.0555. The van der Waals surface area contributed by atoms with Gasteiger partial charge in [-0.05, 0) is 277 Å². The van der Waals surface area contributed by atoms with Crippen LogP contribution in [0.25, 0.3) is 0 Å². The minimum atomic E-state index is -0.833. The second-order valence-corrected chi connectivity index (χ2v) is 31.3. The van der Waals surface area contributed by atoms with Crippen LogP contribution in [0.4, 0.5) is 0 Å². The first-order valence-electron chi connectivity index (χ1n) is 35.2. The van der Waals surface area contributed by atoms with Crippen molar-refractivity contribution < 1.29 is 97.2 Å². The van der Waals surface area contributed by atoms with Crippen molar-refractivity contribution in [1.82, 2.24) is 0 Å². The Morgan fingerprint density at radius 3 is 1.15 bits per heavy atom. The van der Waals surface area contributed by atoms with Gasteiger partial charge in [-0.2, -0.15) is 0 Å². The third-order valence-corrected chi connectivity index (χ3v) is 23.4. The maximum atomic E-state index is 11.7. The second-order valence-electron chi connectivity index (χ2n) is 31.3. The molecule has 14 bridgehead atoms. The van der Waals surface area contributed by atoms with Gasteiger partial charge in [-0.15, -0.1) is 0 Å². The van der Waals surface area contributed by atoms with Gasteiger partial charge in [0.15, 0.2) is 0 Å². The molecule has 15 aliphatic rings. The van der Waals surface area contributed by atoms with Crippen LogP contribution in [0.1, 0.15) is 217 Å². The van der Waals surface area contributed by atoms with Crippen LogP contribution in [0.15, 0.2) is 60.8 Å². The molecule has 0 heterocycles. The molecule has 0 aromatic heterocycles. The SMILES string of the molecule is C=C(C)C(=O)OC12CC3CC(CC(C3)C1)C2.C=C(C)C(=O)OC1CC2CC1C(C)(C(=O)O)C2.C=C(C)C(=O)OC1CC2CC1C1C3CCC(C3)C21.C=C(C)C(=O)OC1CC2CC1C1CCCC21.C=C(C)C(=O)OC1CC2CCC1C2.CC(=O)O.CC(=O)O.CC(=O)O.CC(=O)O. The van der Waals surface area contributed by atoms with Crippen molar-refractivity contribution in [3.63, 3.8) is 0 Å². The predicted octanol–water partition coefficient (Wildman–Crippen LogP) is 13.8. The number of hydrogen-bond donors (Lipinski definition) is 5. The van der Waals surface area contributed by atoms with Gasteiger partial charge in [0.1, 0.15) is 30.0 Å². The van der Waals surface area contributed by atoms with Crippen LogP contribution >= 0.6 is 0 Å². The number of fused-ring (bicyclic) bond motifs is 18. The van der Waals surface area contributed by atoms with Gasteiger partial charge in [0.2, 0.25) is 0 Å². The fourth-order valence-corrected chi connectivity index (χ4v) is 20.6. The molecule has 15 rings (SSSR count). The van der Waals surface area contributed by atoms with Gasteiger partial charge in [-0.1, -0.05) is 39.3 Å². The normalized spacial score (nSPS) is 37.3. The molecule has 15 fully saturated rings. The highest BCUT2D eigenvalue weighted by Crippen LogP contribution is 2.68. The molecule has 15 saturated carbocycles. The van der Waals surface area contributed by atoms with Crippen LogP contribution in [0.3, 0.4) is 0 Å². The summed E-state index contributed by atoms with van der Waals surface area (Å²) >= 11 is 0. The van der Waals surface area contributed by atoms with Gasteiger partial charge < -0.3 is 49.2 Å². The highest BCUT2D eigenvalue weighted by molar-refractivity contribution is 5.89. The monoisotopic (exact) mass is 1340 g/mol. The van der Waals surface area contributed by atoms with Crippen molar-refractivity contribution in [3.8, 4) is 0 Å². The summed E-state index contributed by atoms with van der Waals surface area (Å²) in [5.74, 6) is 7.75. The molecular formula is C76H112O20. The smallest absolute Gasteiger partial charge is 0.333 e. The first-order chi connectivity index (χ1) is 44.8. The van der Waals surface area contributed by atoms with Gasteiger partial charge in [0.25, 0.3) is 23.9 Å². The van der Waals surface area contributed by atoms with Gasteiger partial charge in [-0.3, -0.25) is 24.0 Å². The molecule has 0 aromatic carbocycles. The van der Waals surface area contributed by atoms with E-state index in [-0.39, 0.29) is 59.8 Å². The summed E-state index contributed by atoms with van der Waals surface area (Å²) in [6.45, 7) is 32.8. The number of aliphatic carboxylic acids is 5. The van der Waals surface area contributed by atoms with E-state index in [9.17, 15) is 33.9 Å². The number of hydrogen-bond acceptors (Lipinski definition) is 15.